The Bertz CT molecular complexity index is 573. The first kappa shape index (κ1) is 14.9. The maximum absolute atomic E-state index is 12.2. The van der Waals surface area contributed by atoms with Crippen molar-refractivity contribution < 1.29 is 14.7 Å². The van der Waals surface area contributed by atoms with Crippen molar-refractivity contribution in [1.29, 1.82) is 0 Å². The van der Waals surface area contributed by atoms with Crippen molar-refractivity contribution in [2.75, 3.05) is 18.4 Å². The lowest BCUT2D eigenvalue weighted by Crippen LogP contribution is -2.36. The quantitative estimate of drug-likeness (QED) is 0.788. The molecule has 1 aliphatic carbocycles. The molecule has 0 aromatic heterocycles. The highest BCUT2D eigenvalue weighted by atomic mass is 16.4. The minimum Gasteiger partial charge on any atom is -0.481 e. The summed E-state index contributed by atoms with van der Waals surface area (Å²) in [6.45, 7) is 0.946. The summed E-state index contributed by atoms with van der Waals surface area (Å²) in [4.78, 5) is 24.5. The second-order valence-corrected chi connectivity index (χ2v) is 5.23. The van der Waals surface area contributed by atoms with Crippen LogP contribution >= 0.6 is 0 Å². The molecular formula is C16H18N2O3. The van der Waals surface area contributed by atoms with Crippen LogP contribution in [0, 0.1) is 18.3 Å². The average Bonchev–Trinajstić information content (AvgIpc) is 3.22. The third kappa shape index (κ3) is 4.84. The van der Waals surface area contributed by atoms with E-state index in [1.807, 2.05) is 0 Å². The summed E-state index contributed by atoms with van der Waals surface area (Å²) < 4.78 is 0. The maximum Gasteiger partial charge on any atom is 0.322 e. The second-order valence-electron chi connectivity index (χ2n) is 5.23. The van der Waals surface area contributed by atoms with Gasteiger partial charge in [0, 0.05) is 12.2 Å². The largest absolute Gasteiger partial charge is 0.481 e. The van der Waals surface area contributed by atoms with Gasteiger partial charge in [0.1, 0.15) is 0 Å². The van der Waals surface area contributed by atoms with Gasteiger partial charge in [0.25, 0.3) is 0 Å². The Morgan fingerprint density at radius 2 is 2.19 bits per heavy atom. The lowest BCUT2D eigenvalue weighted by molar-refractivity contribution is -0.136. The Labute approximate surface area is 124 Å². The predicted octanol–water partition coefficient (Wildman–Crippen LogP) is 2.19. The van der Waals surface area contributed by atoms with Gasteiger partial charge in [-0.1, -0.05) is 18.1 Å². The zero-order valence-electron chi connectivity index (χ0n) is 11.7. The molecule has 1 saturated carbocycles. The van der Waals surface area contributed by atoms with Crippen molar-refractivity contribution >= 4 is 17.7 Å². The van der Waals surface area contributed by atoms with Gasteiger partial charge in [-0.15, -0.1) is 6.42 Å². The number of hydrogen-bond donors (Lipinski definition) is 2. The molecule has 0 radical (unpaired) electrons. The smallest absolute Gasteiger partial charge is 0.322 e. The minimum atomic E-state index is -0.902. The fraction of sp³-hybridized carbons (Fsp3) is 0.375. The topological polar surface area (TPSA) is 69.6 Å². The number of nitrogens with zero attached hydrogens (tertiary/aromatic N) is 1. The van der Waals surface area contributed by atoms with Crippen LogP contribution in [-0.4, -0.2) is 35.1 Å². The fourth-order valence-corrected chi connectivity index (χ4v) is 2.08. The second kappa shape index (κ2) is 6.80. The molecular weight excluding hydrogens is 268 g/mol. The highest BCUT2D eigenvalue weighted by molar-refractivity contribution is 5.89. The maximum atomic E-state index is 12.2. The monoisotopic (exact) mass is 286 g/mol. The Balaban J connectivity index is 1.99. The molecule has 2 rings (SSSR count). The number of carboxylic acid groups (broad SMARTS) is 1. The standard InChI is InChI=1S/C16H18N2O3/c1-2-8-18(11-12-6-7-12)16(21)17-14-5-3-4-13(9-14)10-15(19)20/h1,3-5,9,12H,6-8,10-11H2,(H,17,21)(H,19,20). The first-order chi connectivity index (χ1) is 10.1. The van der Waals surface area contributed by atoms with Gasteiger partial charge in [0.05, 0.1) is 13.0 Å². The van der Waals surface area contributed by atoms with Gasteiger partial charge < -0.3 is 15.3 Å². The predicted molar refractivity (Wildman–Crippen MR) is 79.9 cm³/mol. The summed E-state index contributed by atoms with van der Waals surface area (Å²) in [6, 6.07) is 6.59. The van der Waals surface area contributed by atoms with Gasteiger partial charge >= 0.3 is 12.0 Å². The number of urea groups is 1. The number of amides is 2. The van der Waals surface area contributed by atoms with Crippen molar-refractivity contribution in [3.63, 3.8) is 0 Å². The molecule has 110 valence electrons. The van der Waals surface area contributed by atoms with Crippen LogP contribution in [0.25, 0.3) is 0 Å². The lowest BCUT2D eigenvalue weighted by Gasteiger charge is -2.20. The molecule has 0 bridgehead atoms. The zero-order valence-corrected chi connectivity index (χ0v) is 11.7. The number of hydrogen-bond acceptors (Lipinski definition) is 2. The van der Waals surface area contributed by atoms with Crippen LogP contribution in [0.2, 0.25) is 0 Å². The van der Waals surface area contributed by atoms with E-state index < -0.39 is 5.97 Å². The van der Waals surface area contributed by atoms with Crippen LogP contribution in [0.3, 0.4) is 0 Å². The number of terminal acetylenes is 1. The molecule has 0 saturated heterocycles. The van der Waals surface area contributed by atoms with Crippen LogP contribution in [-0.2, 0) is 11.2 Å². The van der Waals surface area contributed by atoms with Gasteiger partial charge in [-0.25, -0.2) is 4.79 Å². The molecule has 21 heavy (non-hydrogen) atoms. The molecule has 2 amide bonds. The molecule has 1 fully saturated rings. The molecule has 0 heterocycles. The summed E-state index contributed by atoms with van der Waals surface area (Å²) in [5.41, 5.74) is 1.22. The highest BCUT2D eigenvalue weighted by Crippen LogP contribution is 2.29. The molecule has 2 N–H and O–H groups in total. The first-order valence-corrected chi connectivity index (χ1v) is 6.88. The first-order valence-electron chi connectivity index (χ1n) is 6.88. The number of anilines is 1. The summed E-state index contributed by atoms with van der Waals surface area (Å²) in [5, 5.41) is 11.6. The number of aliphatic carboxylic acids is 1. The highest BCUT2D eigenvalue weighted by Gasteiger charge is 2.26. The minimum absolute atomic E-state index is 0.0696. The van der Waals surface area contributed by atoms with Gasteiger partial charge in [-0.2, -0.15) is 0 Å². The van der Waals surface area contributed by atoms with Crippen molar-refractivity contribution in [2.24, 2.45) is 5.92 Å². The molecule has 0 atom stereocenters. The van der Waals surface area contributed by atoms with Crippen LogP contribution in [0.4, 0.5) is 10.5 Å². The van der Waals surface area contributed by atoms with E-state index in [4.69, 9.17) is 11.5 Å². The van der Waals surface area contributed by atoms with Crippen molar-refractivity contribution in [2.45, 2.75) is 19.3 Å². The van der Waals surface area contributed by atoms with E-state index in [2.05, 4.69) is 11.2 Å². The Hall–Kier alpha value is -2.48. The average molecular weight is 286 g/mol. The van der Waals surface area contributed by atoms with E-state index in [1.165, 1.54) is 0 Å². The Morgan fingerprint density at radius 1 is 1.43 bits per heavy atom. The van der Waals surface area contributed by atoms with E-state index in [1.54, 1.807) is 29.2 Å². The summed E-state index contributed by atoms with van der Waals surface area (Å²) in [7, 11) is 0. The van der Waals surface area contributed by atoms with Crippen LogP contribution in [0.15, 0.2) is 24.3 Å². The number of carbonyl (C=O) groups is 2. The van der Waals surface area contributed by atoms with Crippen LogP contribution in [0.5, 0.6) is 0 Å². The van der Waals surface area contributed by atoms with E-state index in [0.717, 1.165) is 12.8 Å². The van der Waals surface area contributed by atoms with Gasteiger partial charge in [-0.3, -0.25) is 4.79 Å². The number of rotatable bonds is 6. The van der Waals surface area contributed by atoms with Crippen LogP contribution < -0.4 is 5.32 Å². The fourth-order valence-electron chi connectivity index (χ4n) is 2.08. The summed E-state index contributed by atoms with van der Waals surface area (Å²) in [5.74, 6) is 2.15. The Kier molecular flexibility index (Phi) is 4.83. The molecule has 0 spiro atoms. The van der Waals surface area contributed by atoms with Gasteiger partial charge in [0.15, 0.2) is 0 Å². The number of carbonyl (C=O) groups excluding carboxylic acids is 1. The van der Waals surface area contributed by atoms with Crippen molar-refractivity contribution in [3.8, 4) is 12.3 Å². The molecule has 0 aliphatic heterocycles. The normalized spacial score (nSPS) is 13.3. The zero-order chi connectivity index (χ0) is 15.2. The summed E-state index contributed by atoms with van der Waals surface area (Å²) in [6.07, 6.45) is 7.51. The molecule has 1 aromatic carbocycles. The SMILES string of the molecule is C#CCN(CC1CC1)C(=O)Nc1cccc(CC(=O)O)c1. The van der Waals surface area contributed by atoms with Crippen molar-refractivity contribution in [3.05, 3.63) is 29.8 Å². The number of nitrogens with one attached hydrogen (secondary N) is 1. The van der Waals surface area contributed by atoms with E-state index in [9.17, 15) is 9.59 Å². The van der Waals surface area contributed by atoms with E-state index >= 15 is 0 Å². The van der Waals surface area contributed by atoms with Crippen LogP contribution in [0.1, 0.15) is 18.4 Å². The third-order valence-corrected chi connectivity index (χ3v) is 3.28. The number of carboxylic acids is 1. The molecule has 1 aliphatic rings. The molecule has 5 nitrogen and oxygen atoms in total. The molecule has 0 unspecified atom stereocenters. The van der Waals surface area contributed by atoms with Gasteiger partial charge in [0.2, 0.25) is 0 Å². The third-order valence-electron chi connectivity index (χ3n) is 3.28. The molecule has 5 heteroatoms. The lowest BCUT2D eigenvalue weighted by atomic mass is 10.1. The van der Waals surface area contributed by atoms with E-state index in [-0.39, 0.29) is 19.0 Å². The summed E-state index contributed by atoms with van der Waals surface area (Å²) >= 11 is 0. The number of benzene rings is 1. The van der Waals surface area contributed by atoms with Crippen molar-refractivity contribution in [1.82, 2.24) is 4.90 Å². The van der Waals surface area contributed by atoms with Gasteiger partial charge in [-0.05, 0) is 36.5 Å². The molecule has 1 aromatic rings. The Morgan fingerprint density at radius 3 is 2.81 bits per heavy atom. The van der Waals surface area contributed by atoms with E-state index in [0.29, 0.717) is 23.7 Å².